The Bertz CT molecular complexity index is 795. The number of allylic oxidation sites excluding steroid dienone is 1. The molecule has 3 rings (SSSR count). The molecule has 3 nitrogen and oxygen atoms in total. The van der Waals surface area contributed by atoms with Gasteiger partial charge in [0.1, 0.15) is 5.03 Å². The molecule has 0 spiro atoms. The predicted octanol–water partition coefficient (Wildman–Crippen LogP) is 5.05. The number of hydrazone groups is 1. The van der Waals surface area contributed by atoms with E-state index in [-0.39, 0.29) is 5.78 Å². The Morgan fingerprint density at radius 1 is 1.22 bits per heavy atom. The molecule has 1 aliphatic rings. The van der Waals surface area contributed by atoms with Gasteiger partial charge in [0.2, 0.25) is 0 Å². The lowest BCUT2D eigenvalue weighted by Crippen LogP contribution is -2.14. The highest BCUT2D eigenvalue weighted by atomic mass is 32.2. The number of carbonyl (C=O) groups excluding carboxylic acids is 1. The molecule has 0 bridgehead atoms. The second-order valence-corrected chi connectivity index (χ2v) is 6.82. The van der Waals surface area contributed by atoms with Gasteiger partial charge >= 0.3 is 0 Å². The number of thioether (sulfide) groups is 1. The fraction of sp³-hybridized carbons (Fsp3) is 0.263. The van der Waals surface area contributed by atoms with Crippen LogP contribution in [0.15, 0.2) is 58.7 Å². The van der Waals surface area contributed by atoms with E-state index in [0.717, 1.165) is 45.8 Å². The van der Waals surface area contributed by atoms with Crippen molar-refractivity contribution in [3.63, 3.8) is 0 Å². The highest BCUT2D eigenvalue weighted by Crippen LogP contribution is 2.30. The maximum Gasteiger partial charge on any atom is 0.188 e. The zero-order chi connectivity index (χ0) is 16.2. The van der Waals surface area contributed by atoms with E-state index in [1.54, 1.807) is 17.8 Å². The molecule has 2 aromatic rings. The summed E-state index contributed by atoms with van der Waals surface area (Å²) in [6.07, 6.45) is 3.89. The molecule has 0 unspecified atom stereocenters. The summed E-state index contributed by atoms with van der Waals surface area (Å²) in [4.78, 5) is 12.6. The summed E-state index contributed by atoms with van der Waals surface area (Å²) in [5, 5.41) is 10.6. The third-order valence-electron chi connectivity index (χ3n) is 3.78. The van der Waals surface area contributed by atoms with Crippen LogP contribution in [0.25, 0.3) is 10.8 Å². The summed E-state index contributed by atoms with van der Waals surface area (Å²) in [5.41, 5.74) is 0.719. The summed E-state index contributed by atoms with van der Waals surface area (Å²) in [6.45, 7) is 4.99. The van der Waals surface area contributed by atoms with Gasteiger partial charge in [0.15, 0.2) is 5.78 Å². The van der Waals surface area contributed by atoms with Gasteiger partial charge in [0.05, 0.1) is 5.04 Å². The van der Waals surface area contributed by atoms with Crippen LogP contribution in [0.2, 0.25) is 0 Å². The molecule has 1 aliphatic heterocycles. The molecule has 0 saturated heterocycles. The highest BCUT2D eigenvalue weighted by Gasteiger charge is 2.19. The first kappa shape index (κ1) is 15.8. The predicted molar refractivity (Wildman–Crippen MR) is 98.7 cm³/mol. The lowest BCUT2D eigenvalue weighted by Gasteiger charge is -2.14. The summed E-state index contributed by atoms with van der Waals surface area (Å²) < 4.78 is 0. The van der Waals surface area contributed by atoms with E-state index < -0.39 is 0 Å². The quantitative estimate of drug-likeness (QED) is 0.570. The SMILES string of the molecule is CCCCN1N=C(C)S/C1=C\C(=O)c1ccc2ccccc2c1. The molecule has 0 radical (unpaired) electrons. The molecule has 2 aromatic carbocycles. The number of unbranched alkanes of at least 4 members (excludes halogenated alkanes) is 1. The number of nitrogens with zero attached hydrogens (tertiary/aromatic N) is 2. The monoisotopic (exact) mass is 324 g/mol. The van der Waals surface area contributed by atoms with Crippen molar-refractivity contribution in [2.45, 2.75) is 26.7 Å². The van der Waals surface area contributed by atoms with Crippen molar-refractivity contribution in [1.29, 1.82) is 0 Å². The summed E-state index contributed by atoms with van der Waals surface area (Å²) in [5.74, 6) is 0.0321. The Balaban J connectivity index is 1.83. The van der Waals surface area contributed by atoms with Crippen molar-refractivity contribution < 1.29 is 4.79 Å². The fourth-order valence-corrected chi connectivity index (χ4v) is 3.40. The molecule has 118 valence electrons. The Morgan fingerprint density at radius 2 is 2.00 bits per heavy atom. The fourth-order valence-electron chi connectivity index (χ4n) is 2.55. The maximum atomic E-state index is 12.6. The van der Waals surface area contributed by atoms with Crippen molar-refractivity contribution in [2.75, 3.05) is 6.54 Å². The molecule has 0 amide bonds. The van der Waals surface area contributed by atoms with E-state index in [0.29, 0.717) is 0 Å². The van der Waals surface area contributed by atoms with Crippen LogP contribution in [-0.2, 0) is 0 Å². The Kier molecular flexibility index (Phi) is 4.82. The summed E-state index contributed by atoms with van der Waals surface area (Å²) >= 11 is 1.57. The minimum Gasteiger partial charge on any atom is -0.289 e. The largest absolute Gasteiger partial charge is 0.289 e. The average molecular weight is 324 g/mol. The molecule has 4 heteroatoms. The van der Waals surface area contributed by atoms with Gasteiger partial charge in [-0.3, -0.25) is 9.80 Å². The van der Waals surface area contributed by atoms with Gasteiger partial charge < -0.3 is 0 Å². The Morgan fingerprint density at radius 3 is 2.78 bits per heavy atom. The zero-order valence-corrected chi connectivity index (χ0v) is 14.3. The van der Waals surface area contributed by atoms with Gasteiger partial charge in [-0.2, -0.15) is 5.10 Å². The average Bonchev–Trinajstić information content (AvgIpc) is 2.91. The zero-order valence-electron chi connectivity index (χ0n) is 13.5. The number of ketones is 1. The van der Waals surface area contributed by atoms with Crippen molar-refractivity contribution in [3.8, 4) is 0 Å². The third kappa shape index (κ3) is 3.64. The van der Waals surface area contributed by atoms with Gasteiger partial charge in [-0.1, -0.05) is 61.5 Å². The van der Waals surface area contributed by atoms with E-state index in [9.17, 15) is 4.79 Å². The van der Waals surface area contributed by atoms with Crippen molar-refractivity contribution in [3.05, 3.63) is 59.1 Å². The normalized spacial score (nSPS) is 16.2. The van der Waals surface area contributed by atoms with Gasteiger partial charge in [0.25, 0.3) is 0 Å². The van der Waals surface area contributed by atoms with Gasteiger partial charge in [0, 0.05) is 18.2 Å². The van der Waals surface area contributed by atoms with E-state index in [4.69, 9.17) is 0 Å². The second kappa shape index (κ2) is 7.01. The molecule has 23 heavy (non-hydrogen) atoms. The number of fused-ring (bicyclic) bond motifs is 1. The molecule has 0 fully saturated rings. The highest BCUT2D eigenvalue weighted by molar-refractivity contribution is 8.17. The summed E-state index contributed by atoms with van der Waals surface area (Å²) in [6, 6.07) is 13.9. The van der Waals surface area contributed by atoms with Crippen molar-refractivity contribution >= 4 is 33.4 Å². The molecule has 1 heterocycles. The van der Waals surface area contributed by atoms with Crippen LogP contribution in [0, 0.1) is 0 Å². The Hall–Kier alpha value is -2.07. The molecule has 0 aliphatic carbocycles. The van der Waals surface area contributed by atoms with Crippen LogP contribution >= 0.6 is 11.8 Å². The third-order valence-corrected chi connectivity index (χ3v) is 4.70. The first-order valence-corrected chi connectivity index (χ1v) is 8.74. The van der Waals surface area contributed by atoms with E-state index in [1.807, 2.05) is 48.3 Å². The lowest BCUT2D eigenvalue weighted by atomic mass is 10.0. The molecule has 0 aromatic heterocycles. The second-order valence-electron chi connectivity index (χ2n) is 5.61. The van der Waals surface area contributed by atoms with Crippen LogP contribution < -0.4 is 0 Å². The number of hydrogen-bond acceptors (Lipinski definition) is 4. The van der Waals surface area contributed by atoms with Crippen LogP contribution in [0.1, 0.15) is 37.0 Å². The van der Waals surface area contributed by atoms with Crippen molar-refractivity contribution in [2.24, 2.45) is 5.10 Å². The van der Waals surface area contributed by atoms with Crippen LogP contribution in [0.4, 0.5) is 0 Å². The van der Waals surface area contributed by atoms with Gasteiger partial charge in [-0.15, -0.1) is 0 Å². The minimum absolute atomic E-state index is 0.0321. The molecular weight excluding hydrogens is 304 g/mol. The molecule has 0 saturated carbocycles. The topological polar surface area (TPSA) is 32.7 Å². The lowest BCUT2D eigenvalue weighted by molar-refractivity contribution is 0.104. The van der Waals surface area contributed by atoms with E-state index in [1.165, 1.54) is 0 Å². The first-order valence-electron chi connectivity index (χ1n) is 7.93. The van der Waals surface area contributed by atoms with Gasteiger partial charge in [-0.05, 0) is 30.2 Å². The number of rotatable bonds is 5. The number of benzene rings is 2. The standard InChI is InChI=1S/C19H20N2OS/c1-3-4-11-21-19(23-14(2)20-21)13-18(22)17-10-9-15-7-5-6-8-16(15)12-17/h5-10,12-13H,3-4,11H2,1-2H3/b19-13-. The molecular formula is C19H20N2OS. The van der Waals surface area contributed by atoms with Crippen molar-refractivity contribution in [1.82, 2.24) is 5.01 Å². The maximum absolute atomic E-state index is 12.6. The van der Waals surface area contributed by atoms with Crippen LogP contribution in [0.3, 0.4) is 0 Å². The number of hydrogen-bond donors (Lipinski definition) is 0. The van der Waals surface area contributed by atoms with Gasteiger partial charge in [-0.25, -0.2) is 0 Å². The first-order chi connectivity index (χ1) is 11.2. The van der Waals surface area contributed by atoms with E-state index in [2.05, 4.69) is 18.1 Å². The van der Waals surface area contributed by atoms with E-state index >= 15 is 0 Å². The van der Waals surface area contributed by atoms with Crippen LogP contribution in [0.5, 0.6) is 0 Å². The molecule has 0 atom stereocenters. The molecule has 0 N–H and O–H groups in total. The van der Waals surface area contributed by atoms with Crippen LogP contribution in [-0.4, -0.2) is 22.4 Å². The number of carbonyl (C=O) groups is 1. The smallest absolute Gasteiger partial charge is 0.188 e. The summed E-state index contributed by atoms with van der Waals surface area (Å²) in [7, 11) is 0. The Labute approximate surface area is 141 Å². The minimum atomic E-state index is 0.0321.